The van der Waals surface area contributed by atoms with E-state index in [4.69, 9.17) is 18.9 Å². The van der Waals surface area contributed by atoms with E-state index in [9.17, 15) is 0 Å². The minimum atomic E-state index is -0.00485. The van der Waals surface area contributed by atoms with Gasteiger partial charge in [0.2, 0.25) is 0 Å². The average Bonchev–Trinajstić information content (AvgIpc) is 2.86. The van der Waals surface area contributed by atoms with Gasteiger partial charge in [-0.05, 0) is 0 Å². The molecule has 0 amide bonds. The number of hydrogen-bond acceptors (Lipinski definition) is 4. The molecule has 4 atom stereocenters. The summed E-state index contributed by atoms with van der Waals surface area (Å²) >= 11 is 0. The topological polar surface area (TPSA) is 36.9 Å². The Morgan fingerprint density at radius 2 is 1.38 bits per heavy atom. The van der Waals surface area contributed by atoms with Gasteiger partial charge in [-0.25, -0.2) is 0 Å². The summed E-state index contributed by atoms with van der Waals surface area (Å²) in [5.41, 5.74) is 0. The Labute approximate surface area is 95.8 Å². The molecule has 0 spiro atoms. The van der Waals surface area contributed by atoms with Crippen molar-refractivity contribution < 1.29 is 18.9 Å². The normalized spacial score (nSPS) is 37.2. The lowest BCUT2D eigenvalue weighted by molar-refractivity contribution is -0.0402. The highest BCUT2D eigenvalue weighted by Crippen LogP contribution is 2.30. The molecule has 2 aliphatic heterocycles. The Morgan fingerprint density at radius 3 is 1.75 bits per heavy atom. The summed E-state index contributed by atoms with van der Waals surface area (Å²) < 4.78 is 22.5. The van der Waals surface area contributed by atoms with Gasteiger partial charge in [0.25, 0.3) is 0 Å². The predicted octanol–water partition coefficient (Wildman–Crippen LogP) is 0.926. The van der Waals surface area contributed by atoms with E-state index in [1.54, 1.807) is 12.2 Å². The minimum absolute atomic E-state index is 0.000307. The molecule has 0 aromatic rings. The highest BCUT2D eigenvalue weighted by atomic mass is 16.6. The van der Waals surface area contributed by atoms with Crippen molar-refractivity contribution in [2.24, 2.45) is 0 Å². The summed E-state index contributed by atoms with van der Waals surface area (Å²) in [6, 6.07) is 0. The lowest BCUT2D eigenvalue weighted by Crippen LogP contribution is -2.34. The van der Waals surface area contributed by atoms with Crippen LogP contribution in [0.15, 0.2) is 25.3 Å². The van der Waals surface area contributed by atoms with Gasteiger partial charge in [0, 0.05) is 0 Å². The Balaban J connectivity index is 1.85. The Hall–Kier alpha value is -0.680. The van der Waals surface area contributed by atoms with E-state index in [1.807, 2.05) is 0 Å². The van der Waals surface area contributed by atoms with Crippen LogP contribution in [0.3, 0.4) is 0 Å². The first kappa shape index (κ1) is 11.8. The second-order valence-electron chi connectivity index (χ2n) is 3.92. The summed E-state index contributed by atoms with van der Waals surface area (Å²) in [4.78, 5) is 0. The van der Waals surface area contributed by atoms with Crippen LogP contribution in [0.25, 0.3) is 0 Å². The molecule has 0 unspecified atom stereocenters. The Morgan fingerprint density at radius 1 is 0.938 bits per heavy atom. The van der Waals surface area contributed by atoms with Crippen molar-refractivity contribution in [3.05, 3.63) is 25.3 Å². The van der Waals surface area contributed by atoms with E-state index in [1.165, 1.54) is 0 Å². The molecule has 2 heterocycles. The summed E-state index contributed by atoms with van der Waals surface area (Å²) in [5, 5.41) is 0. The van der Waals surface area contributed by atoms with E-state index < -0.39 is 0 Å². The summed E-state index contributed by atoms with van der Waals surface area (Å²) in [7, 11) is 0. The van der Waals surface area contributed by atoms with Crippen LogP contribution in [0, 0.1) is 0 Å². The van der Waals surface area contributed by atoms with E-state index in [-0.39, 0.29) is 24.4 Å². The standard InChI is InChI=1S/C12H18O4/c1-3-5-13-9-7-15-12-10(14-6-4-2)8-16-11(9)12/h3-4,9-12H,1-2,5-8H2/t9-,10+,11-,12-/m1/s1. The highest BCUT2D eigenvalue weighted by Gasteiger charge is 2.48. The fourth-order valence-corrected chi connectivity index (χ4v) is 2.10. The van der Waals surface area contributed by atoms with Gasteiger partial charge in [-0.2, -0.15) is 0 Å². The molecular formula is C12H18O4. The zero-order valence-corrected chi connectivity index (χ0v) is 9.34. The van der Waals surface area contributed by atoms with Crippen LogP contribution in [0.5, 0.6) is 0 Å². The summed E-state index contributed by atoms with van der Waals surface area (Å²) in [5.74, 6) is 0. The number of hydrogen-bond donors (Lipinski definition) is 0. The molecule has 0 aliphatic carbocycles. The monoisotopic (exact) mass is 226 g/mol. The number of ether oxygens (including phenoxy) is 4. The molecular weight excluding hydrogens is 208 g/mol. The summed E-state index contributed by atoms with van der Waals surface area (Å²) in [6.45, 7) is 9.43. The van der Waals surface area contributed by atoms with Crippen molar-refractivity contribution in [3.63, 3.8) is 0 Å². The van der Waals surface area contributed by atoms with E-state index in [0.717, 1.165) is 0 Å². The smallest absolute Gasteiger partial charge is 0.115 e. The fraction of sp³-hybridized carbons (Fsp3) is 0.667. The van der Waals surface area contributed by atoms with Gasteiger partial charge in [0.15, 0.2) is 0 Å². The van der Waals surface area contributed by atoms with Gasteiger partial charge < -0.3 is 18.9 Å². The van der Waals surface area contributed by atoms with Gasteiger partial charge >= 0.3 is 0 Å². The minimum Gasteiger partial charge on any atom is -0.370 e. The first-order chi connectivity index (χ1) is 7.86. The molecule has 0 N–H and O–H groups in total. The van der Waals surface area contributed by atoms with Gasteiger partial charge in [0.1, 0.15) is 24.4 Å². The third-order valence-corrected chi connectivity index (χ3v) is 2.82. The first-order valence-corrected chi connectivity index (χ1v) is 5.55. The molecule has 0 saturated carbocycles. The third-order valence-electron chi connectivity index (χ3n) is 2.82. The zero-order valence-electron chi connectivity index (χ0n) is 9.34. The van der Waals surface area contributed by atoms with Crippen LogP contribution < -0.4 is 0 Å². The first-order valence-electron chi connectivity index (χ1n) is 5.55. The van der Waals surface area contributed by atoms with Crippen LogP contribution in [0.2, 0.25) is 0 Å². The van der Waals surface area contributed by atoms with Crippen molar-refractivity contribution in [2.45, 2.75) is 24.4 Å². The van der Waals surface area contributed by atoms with Gasteiger partial charge in [-0.3, -0.25) is 0 Å². The molecule has 2 aliphatic rings. The SMILES string of the molecule is C=CCO[C@H]1CO[C@H]2[C@@H]1OC[C@H]2OCC=C. The third kappa shape index (κ3) is 2.35. The van der Waals surface area contributed by atoms with Crippen molar-refractivity contribution in [3.8, 4) is 0 Å². The van der Waals surface area contributed by atoms with Gasteiger partial charge in [0.05, 0.1) is 26.4 Å². The van der Waals surface area contributed by atoms with Crippen molar-refractivity contribution >= 4 is 0 Å². The van der Waals surface area contributed by atoms with E-state index >= 15 is 0 Å². The van der Waals surface area contributed by atoms with Crippen molar-refractivity contribution in [1.29, 1.82) is 0 Å². The quantitative estimate of drug-likeness (QED) is 0.631. The van der Waals surface area contributed by atoms with E-state index in [2.05, 4.69) is 13.2 Å². The molecule has 90 valence electrons. The lowest BCUT2D eigenvalue weighted by atomic mass is 10.1. The number of rotatable bonds is 6. The van der Waals surface area contributed by atoms with Crippen LogP contribution in [0.4, 0.5) is 0 Å². The number of fused-ring (bicyclic) bond motifs is 1. The van der Waals surface area contributed by atoms with Gasteiger partial charge in [-0.15, -0.1) is 13.2 Å². The molecule has 2 fully saturated rings. The molecule has 0 bridgehead atoms. The maximum atomic E-state index is 5.65. The largest absolute Gasteiger partial charge is 0.370 e. The molecule has 4 heteroatoms. The van der Waals surface area contributed by atoms with Crippen molar-refractivity contribution in [1.82, 2.24) is 0 Å². The van der Waals surface area contributed by atoms with Crippen LogP contribution >= 0.6 is 0 Å². The average molecular weight is 226 g/mol. The van der Waals surface area contributed by atoms with Gasteiger partial charge in [-0.1, -0.05) is 12.2 Å². The molecule has 0 radical (unpaired) electrons. The molecule has 0 aromatic carbocycles. The predicted molar refractivity (Wildman–Crippen MR) is 59.4 cm³/mol. The van der Waals surface area contributed by atoms with Crippen LogP contribution in [-0.4, -0.2) is 50.8 Å². The summed E-state index contributed by atoms with van der Waals surface area (Å²) in [6.07, 6.45) is 3.45. The Kier molecular flexibility index (Phi) is 4.12. The Bertz CT molecular complexity index is 227. The zero-order chi connectivity index (χ0) is 11.4. The highest BCUT2D eigenvalue weighted by molar-refractivity contribution is 4.96. The van der Waals surface area contributed by atoms with Crippen molar-refractivity contribution in [2.75, 3.05) is 26.4 Å². The molecule has 2 saturated heterocycles. The maximum Gasteiger partial charge on any atom is 0.115 e. The van der Waals surface area contributed by atoms with E-state index in [0.29, 0.717) is 26.4 Å². The molecule has 0 aromatic heterocycles. The second kappa shape index (κ2) is 5.59. The fourth-order valence-electron chi connectivity index (χ4n) is 2.10. The molecule has 16 heavy (non-hydrogen) atoms. The maximum absolute atomic E-state index is 5.65. The lowest BCUT2D eigenvalue weighted by Gasteiger charge is -2.16. The molecule has 2 rings (SSSR count). The van der Waals surface area contributed by atoms with Crippen LogP contribution in [-0.2, 0) is 18.9 Å². The second-order valence-corrected chi connectivity index (χ2v) is 3.92. The molecule has 4 nitrogen and oxygen atoms in total. The van der Waals surface area contributed by atoms with Crippen LogP contribution in [0.1, 0.15) is 0 Å².